The fraction of sp³-hybridized carbons (Fsp3) is 0.409. The van der Waals surface area contributed by atoms with E-state index in [4.69, 9.17) is 4.98 Å². The third-order valence-electron chi connectivity index (χ3n) is 6.28. The zero-order chi connectivity index (χ0) is 18.6. The van der Waals surface area contributed by atoms with Crippen molar-refractivity contribution in [3.05, 3.63) is 58.6 Å². The highest BCUT2D eigenvalue weighted by Crippen LogP contribution is 2.57. The van der Waals surface area contributed by atoms with Crippen LogP contribution in [0, 0.1) is 28.9 Å². The van der Waals surface area contributed by atoms with Crippen LogP contribution in [-0.2, 0) is 6.42 Å². The smallest absolute Gasteiger partial charge is 0.159 e. The molecule has 1 aromatic heterocycles. The summed E-state index contributed by atoms with van der Waals surface area (Å²) in [5.41, 5.74) is 4.50. The summed E-state index contributed by atoms with van der Waals surface area (Å²) in [6.45, 7) is 11.0. The minimum Gasteiger partial charge on any atom is -0.240 e. The van der Waals surface area contributed by atoms with E-state index in [1.54, 1.807) is 17.4 Å². The second-order valence-corrected chi connectivity index (χ2v) is 9.05. The van der Waals surface area contributed by atoms with E-state index in [2.05, 4.69) is 33.4 Å². The Morgan fingerprint density at radius 1 is 1.31 bits per heavy atom. The molecule has 0 saturated carbocycles. The van der Waals surface area contributed by atoms with Crippen molar-refractivity contribution in [1.29, 1.82) is 0 Å². The molecular weight excluding hydrogens is 348 g/mol. The van der Waals surface area contributed by atoms with Crippen molar-refractivity contribution in [3.8, 4) is 10.6 Å². The van der Waals surface area contributed by atoms with Crippen LogP contribution in [0.5, 0.6) is 0 Å². The molecule has 0 radical (unpaired) electrons. The van der Waals surface area contributed by atoms with Crippen LogP contribution in [0.25, 0.3) is 16.1 Å². The van der Waals surface area contributed by atoms with E-state index in [1.165, 1.54) is 28.2 Å². The second kappa shape index (κ2) is 6.12. The first kappa shape index (κ1) is 17.6. The summed E-state index contributed by atoms with van der Waals surface area (Å²) < 4.78 is 26.9. The van der Waals surface area contributed by atoms with E-state index < -0.39 is 11.6 Å². The van der Waals surface area contributed by atoms with Crippen molar-refractivity contribution in [3.63, 3.8) is 0 Å². The number of benzene rings is 1. The Labute approximate surface area is 157 Å². The predicted octanol–water partition coefficient (Wildman–Crippen LogP) is 6.66. The number of halogens is 2. The normalized spacial score (nSPS) is 27.5. The molecule has 26 heavy (non-hydrogen) atoms. The number of aromatic nitrogens is 1. The van der Waals surface area contributed by atoms with Gasteiger partial charge in [0, 0.05) is 5.56 Å². The maximum atomic E-state index is 13.6. The SMILES string of the molecule is C=C(C)[C@@H]1CC=C2c3sc(-c4ccc(F)c(F)c4)nc3C[C@@H](C)[C@]2(C)C1. The molecule has 1 nitrogen and oxygen atoms in total. The molecule has 4 rings (SSSR count). The van der Waals surface area contributed by atoms with E-state index in [9.17, 15) is 8.78 Å². The fourth-order valence-electron chi connectivity index (χ4n) is 4.36. The van der Waals surface area contributed by atoms with Crippen molar-refractivity contribution in [2.75, 3.05) is 0 Å². The molecule has 2 aliphatic rings. The predicted molar refractivity (Wildman–Crippen MR) is 104 cm³/mol. The lowest BCUT2D eigenvalue weighted by Crippen LogP contribution is -2.36. The molecule has 0 unspecified atom stereocenters. The Kier molecular flexibility index (Phi) is 4.14. The van der Waals surface area contributed by atoms with Crippen molar-refractivity contribution < 1.29 is 8.78 Å². The van der Waals surface area contributed by atoms with Gasteiger partial charge in [-0.2, -0.15) is 0 Å². The number of nitrogens with zero attached hydrogens (tertiary/aromatic N) is 1. The topological polar surface area (TPSA) is 12.9 Å². The summed E-state index contributed by atoms with van der Waals surface area (Å²) in [6.07, 6.45) is 5.43. The summed E-state index contributed by atoms with van der Waals surface area (Å²) in [5.74, 6) is -0.623. The van der Waals surface area contributed by atoms with Crippen molar-refractivity contribution >= 4 is 16.9 Å². The molecule has 0 spiro atoms. The third kappa shape index (κ3) is 2.66. The molecule has 0 amide bonds. The van der Waals surface area contributed by atoms with Gasteiger partial charge >= 0.3 is 0 Å². The van der Waals surface area contributed by atoms with Gasteiger partial charge in [-0.05, 0) is 67.2 Å². The molecule has 0 saturated heterocycles. The highest BCUT2D eigenvalue weighted by Gasteiger charge is 2.45. The van der Waals surface area contributed by atoms with Gasteiger partial charge in [0.05, 0.1) is 10.6 Å². The van der Waals surface area contributed by atoms with Crippen LogP contribution >= 0.6 is 11.3 Å². The maximum absolute atomic E-state index is 13.6. The molecule has 2 aromatic rings. The largest absolute Gasteiger partial charge is 0.240 e. The van der Waals surface area contributed by atoms with Gasteiger partial charge in [-0.3, -0.25) is 0 Å². The van der Waals surface area contributed by atoms with E-state index in [0.717, 1.165) is 30.0 Å². The standard InChI is InChI=1S/C22H23F2NS/c1-12(2)15-5-7-16-20-19(9-13(3)22(16,4)11-15)25-21(26-20)14-6-8-17(23)18(24)10-14/h6-8,10,13,15H,1,5,9,11H2,2-4H3/t13-,15-,22+/m1/s1. The minimum atomic E-state index is -0.824. The molecule has 2 aliphatic carbocycles. The third-order valence-corrected chi connectivity index (χ3v) is 7.46. The highest BCUT2D eigenvalue weighted by atomic mass is 32.1. The van der Waals surface area contributed by atoms with Crippen molar-refractivity contribution in [2.24, 2.45) is 17.3 Å². The van der Waals surface area contributed by atoms with Crippen LogP contribution in [0.1, 0.15) is 44.2 Å². The summed E-state index contributed by atoms with van der Waals surface area (Å²) in [6, 6.07) is 4.03. The maximum Gasteiger partial charge on any atom is 0.159 e. The first-order valence-electron chi connectivity index (χ1n) is 9.11. The van der Waals surface area contributed by atoms with Gasteiger partial charge in [-0.15, -0.1) is 11.3 Å². The van der Waals surface area contributed by atoms with Gasteiger partial charge in [-0.1, -0.05) is 32.1 Å². The second-order valence-electron chi connectivity index (χ2n) is 8.05. The summed E-state index contributed by atoms with van der Waals surface area (Å²) >= 11 is 1.61. The van der Waals surface area contributed by atoms with Crippen molar-refractivity contribution in [2.45, 2.75) is 40.0 Å². The summed E-state index contributed by atoms with van der Waals surface area (Å²) in [7, 11) is 0. The molecule has 136 valence electrons. The van der Waals surface area contributed by atoms with Crippen molar-refractivity contribution in [1.82, 2.24) is 4.98 Å². The molecule has 1 aromatic carbocycles. The Morgan fingerprint density at radius 2 is 2.08 bits per heavy atom. The Balaban J connectivity index is 1.79. The van der Waals surface area contributed by atoms with Gasteiger partial charge in [0.15, 0.2) is 11.6 Å². The number of hydrogen-bond donors (Lipinski definition) is 0. The average molecular weight is 371 g/mol. The number of rotatable bonds is 2. The number of fused-ring (bicyclic) bond motifs is 3. The van der Waals surface area contributed by atoms with Gasteiger partial charge in [0.25, 0.3) is 0 Å². The van der Waals surface area contributed by atoms with Crippen LogP contribution in [0.3, 0.4) is 0 Å². The Hall–Kier alpha value is -1.81. The fourth-order valence-corrected chi connectivity index (χ4v) is 5.63. The van der Waals surface area contributed by atoms with Gasteiger partial charge in [0.1, 0.15) is 5.01 Å². The van der Waals surface area contributed by atoms with E-state index in [1.807, 2.05) is 0 Å². The molecule has 3 atom stereocenters. The van der Waals surface area contributed by atoms with Crippen LogP contribution in [0.15, 0.2) is 36.4 Å². The average Bonchev–Trinajstić information content (AvgIpc) is 3.00. The van der Waals surface area contributed by atoms with Crippen LogP contribution in [0.2, 0.25) is 0 Å². The van der Waals surface area contributed by atoms with Gasteiger partial charge in [0.2, 0.25) is 0 Å². The summed E-state index contributed by atoms with van der Waals surface area (Å²) in [5, 5.41) is 0.772. The quantitative estimate of drug-likeness (QED) is 0.538. The monoisotopic (exact) mass is 371 g/mol. The number of hydrogen-bond acceptors (Lipinski definition) is 2. The lowest BCUT2D eigenvalue weighted by atomic mass is 9.59. The number of allylic oxidation sites excluding steroid dienone is 3. The first-order chi connectivity index (χ1) is 12.3. The molecule has 0 N–H and O–H groups in total. The first-order valence-corrected chi connectivity index (χ1v) is 9.92. The van der Waals surface area contributed by atoms with Crippen LogP contribution in [-0.4, -0.2) is 4.98 Å². The highest BCUT2D eigenvalue weighted by molar-refractivity contribution is 7.16. The molecular formula is C22H23F2NS. The zero-order valence-corrected chi connectivity index (χ0v) is 16.2. The van der Waals surface area contributed by atoms with Gasteiger partial charge in [-0.25, -0.2) is 13.8 Å². The molecule has 1 heterocycles. The Bertz CT molecular complexity index is 926. The lowest BCUT2D eigenvalue weighted by Gasteiger charge is -2.46. The molecule has 0 bridgehead atoms. The molecule has 0 fully saturated rings. The van der Waals surface area contributed by atoms with Gasteiger partial charge < -0.3 is 0 Å². The van der Waals surface area contributed by atoms with E-state index in [0.29, 0.717) is 17.4 Å². The summed E-state index contributed by atoms with van der Waals surface area (Å²) in [4.78, 5) is 6.02. The number of thiazole rings is 1. The van der Waals surface area contributed by atoms with Crippen LogP contribution in [0.4, 0.5) is 8.78 Å². The zero-order valence-electron chi connectivity index (χ0n) is 15.4. The minimum absolute atomic E-state index is 0.118. The molecule has 0 aliphatic heterocycles. The van der Waals surface area contributed by atoms with Crippen LogP contribution < -0.4 is 0 Å². The van der Waals surface area contributed by atoms with E-state index >= 15 is 0 Å². The van der Waals surface area contributed by atoms with E-state index in [-0.39, 0.29) is 5.41 Å². The lowest BCUT2D eigenvalue weighted by molar-refractivity contribution is 0.217. The Morgan fingerprint density at radius 3 is 2.77 bits per heavy atom. The molecule has 4 heteroatoms.